The molecule has 1 saturated heterocycles. The molecule has 1 atom stereocenters. The molecule has 1 unspecified atom stereocenters. The normalized spacial score (nSPS) is 19.4. The number of benzene rings is 1. The average molecular weight is 309 g/mol. The zero-order chi connectivity index (χ0) is 15.0. The Balaban J connectivity index is 1.97. The van der Waals surface area contributed by atoms with E-state index in [0.29, 0.717) is 18.0 Å². The van der Waals surface area contributed by atoms with Crippen LogP contribution in [0.3, 0.4) is 0 Å². The lowest BCUT2D eigenvalue weighted by molar-refractivity contribution is 0.101. The van der Waals surface area contributed by atoms with Crippen molar-refractivity contribution in [3.63, 3.8) is 0 Å². The third-order valence-electron chi connectivity index (χ3n) is 3.87. The molecule has 0 spiro atoms. The van der Waals surface area contributed by atoms with Gasteiger partial charge in [0.05, 0.1) is 16.5 Å². The van der Waals surface area contributed by atoms with Gasteiger partial charge in [-0.1, -0.05) is 6.07 Å². The molecule has 6 nitrogen and oxygen atoms in total. The first-order valence-electron chi connectivity index (χ1n) is 7.03. The van der Waals surface area contributed by atoms with Gasteiger partial charge in [0.25, 0.3) is 0 Å². The van der Waals surface area contributed by atoms with E-state index in [1.54, 1.807) is 12.1 Å². The number of para-hydroxylation sites is 1. The Hall–Kier alpha value is -1.60. The van der Waals surface area contributed by atoms with E-state index in [4.69, 9.17) is 10.5 Å². The molecular formula is C14H19N3O3S. The van der Waals surface area contributed by atoms with Crippen molar-refractivity contribution in [1.29, 1.82) is 0 Å². The fourth-order valence-corrected chi connectivity index (χ4v) is 3.65. The number of fused-ring (bicyclic) bond motifs is 1. The molecule has 0 radical (unpaired) electrons. The molecule has 7 heteroatoms. The maximum absolute atomic E-state index is 11.8. The lowest BCUT2D eigenvalue weighted by Gasteiger charge is -2.11. The number of hydrogen-bond donors (Lipinski definition) is 1. The lowest BCUT2D eigenvalue weighted by Crippen LogP contribution is -2.11. The van der Waals surface area contributed by atoms with Crippen LogP contribution in [0, 0.1) is 0 Å². The van der Waals surface area contributed by atoms with Gasteiger partial charge in [0.15, 0.2) is 9.84 Å². The standard InChI is InChI=1S/C14H19N3O3S/c1-21(18,19)12-6-2-5-11-13(12)16-14(15)17(11)8-7-10-4-3-9-20-10/h2,5-6,10H,3-4,7-9H2,1H3,(H2,15,16). The van der Waals surface area contributed by atoms with E-state index in [9.17, 15) is 8.42 Å². The molecule has 3 rings (SSSR count). The van der Waals surface area contributed by atoms with E-state index in [1.165, 1.54) is 6.26 Å². The van der Waals surface area contributed by atoms with Gasteiger partial charge in [0.1, 0.15) is 5.52 Å². The Bertz CT molecular complexity index is 761. The van der Waals surface area contributed by atoms with Crippen molar-refractivity contribution in [1.82, 2.24) is 9.55 Å². The van der Waals surface area contributed by atoms with Crippen LogP contribution < -0.4 is 5.73 Å². The first-order chi connectivity index (χ1) is 9.97. The summed E-state index contributed by atoms with van der Waals surface area (Å²) in [6.45, 7) is 1.50. The van der Waals surface area contributed by atoms with E-state index in [1.807, 2.05) is 10.6 Å². The summed E-state index contributed by atoms with van der Waals surface area (Å²) in [5, 5.41) is 0. The molecule has 0 saturated carbocycles. The molecule has 114 valence electrons. The first-order valence-corrected chi connectivity index (χ1v) is 8.92. The number of sulfone groups is 1. The number of rotatable bonds is 4. The highest BCUT2D eigenvalue weighted by Gasteiger charge is 2.19. The predicted molar refractivity (Wildman–Crippen MR) is 80.8 cm³/mol. The van der Waals surface area contributed by atoms with Crippen LogP contribution in [-0.2, 0) is 21.1 Å². The Labute approximate surface area is 123 Å². The molecule has 2 N–H and O–H groups in total. The number of hydrogen-bond acceptors (Lipinski definition) is 5. The number of nitrogens with two attached hydrogens (primary N) is 1. The zero-order valence-electron chi connectivity index (χ0n) is 11.9. The van der Waals surface area contributed by atoms with E-state index in [0.717, 1.165) is 31.4 Å². The van der Waals surface area contributed by atoms with Gasteiger partial charge in [-0.05, 0) is 31.4 Å². The van der Waals surface area contributed by atoms with Gasteiger partial charge < -0.3 is 15.0 Å². The molecule has 1 aliphatic heterocycles. The lowest BCUT2D eigenvalue weighted by atomic mass is 10.2. The molecule has 0 amide bonds. The molecule has 0 bridgehead atoms. The van der Waals surface area contributed by atoms with Gasteiger partial charge in [0, 0.05) is 19.4 Å². The van der Waals surface area contributed by atoms with Crippen LogP contribution >= 0.6 is 0 Å². The summed E-state index contributed by atoms with van der Waals surface area (Å²) in [5.74, 6) is 0.346. The van der Waals surface area contributed by atoms with Gasteiger partial charge >= 0.3 is 0 Å². The smallest absolute Gasteiger partial charge is 0.201 e. The first kappa shape index (κ1) is 14.3. The predicted octanol–water partition coefficient (Wildman–Crippen LogP) is 1.59. The molecule has 2 aromatic rings. The maximum atomic E-state index is 11.8. The second kappa shape index (κ2) is 5.31. The van der Waals surface area contributed by atoms with Gasteiger partial charge in [0.2, 0.25) is 5.95 Å². The van der Waals surface area contributed by atoms with Crippen LogP contribution in [0.5, 0.6) is 0 Å². The van der Waals surface area contributed by atoms with Crippen LogP contribution in [0.25, 0.3) is 11.0 Å². The minimum absolute atomic E-state index is 0.225. The van der Waals surface area contributed by atoms with E-state index in [2.05, 4.69) is 4.98 Å². The molecule has 1 aromatic heterocycles. The van der Waals surface area contributed by atoms with Crippen molar-refractivity contribution in [3.05, 3.63) is 18.2 Å². The van der Waals surface area contributed by atoms with Crippen molar-refractivity contribution < 1.29 is 13.2 Å². The van der Waals surface area contributed by atoms with Gasteiger partial charge in [-0.2, -0.15) is 0 Å². The number of aromatic nitrogens is 2. The van der Waals surface area contributed by atoms with E-state index < -0.39 is 9.84 Å². The summed E-state index contributed by atoms with van der Waals surface area (Å²) < 4.78 is 31.1. The summed E-state index contributed by atoms with van der Waals surface area (Å²) in [6.07, 6.45) is 4.48. The maximum Gasteiger partial charge on any atom is 0.201 e. The van der Waals surface area contributed by atoms with Crippen molar-refractivity contribution in [3.8, 4) is 0 Å². The SMILES string of the molecule is CS(=O)(=O)c1cccc2c1nc(N)n2CCC1CCCO1. The molecule has 1 aliphatic rings. The second-order valence-corrected chi connectivity index (χ2v) is 7.43. The van der Waals surface area contributed by atoms with Crippen molar-refractivity contribution >= 4 is 26.8 Å². The van der Waals surface area contributed by atoms with Crippen molar-refractivity contribution in [2.24, 2.45) is 0 Å². The third kappa shape index (κ3) is 2.75. The Morgan fingerprint density at radius 1 is 1.48 bits per heavy atom. The fourth-order valence-electron chi connectivity index (χ4n) is 2.82. The van der Waals surface area contributed by atoms with E-state index in [-0.39, 0.29) is 11.0 Å². The largest absolute Gasteiger partial charge is 0.378 e. The quantitative estimate of drug-likeness (QED) is 0.926. The van der Waals surface area contributed by atoms with Gasteiger partial charge in [-0.3, -0.25) is 0 Å². The molecule has 1 fully saturated rings. The van der Waals surface area contributed by atoms with Crippen LogP contribution in [0.15, 0.2) is 23.1 Å². The highest BCUT2D eigenvalue weighted by Crippen LogP contribution is 2.26. The number of aryl methyl sites for hydroxylation is 1. The Morgan fingerprint density at radius 3 is 2.95 bits per heavy atom. The van der Waals surface area contributed by atoms with Crippen LogP contribution in [0.1, 0.15) is 19.3 Å². The molecule has 21 heavy (non-hydrogen) atoms. The minimum atomic E-state index is -3.32. The van der Waals surface area contributed by atoms with E-state index >= 15 is 0 Å². The minimum Gasteiger partial charge on any atom is -0.378 e. The summed E-state index contributed by atoms with van der Waals surface area (Å²) in [5.41, 5.74) is 7.17. The number of ether oxygens (including phenoxy) is 1. The number of nitrogen functional groups attached to an aromatic ring is 1. The molecule has 0 aliphatic carbocycles. The Morgan fingerprint density at radius 2 is 2.29 bits per heavy atom. The topological polar surface area (TPSA) is 87.2 Å². The third-order valence-corrected chi connectivity index (χ3v) is 5.00. The fraction of sp³-hybridized carbons (Fsp3) is 0.500. The molecule has 2 heterocycles. The zero-order valence-corrected chi connectivity index (χ0v) is 12.8. The summed E-state index contributed by atoms with van der Waals surface area (Å²) in [7, 11) is -3.32. The average Bonchev–Trinajstić information content (AvgIpc) is 3.01. The van der Waals surface area contributed by atoms with Crippen molar-refractivity contribution in [2.45, 2.75) is 36.8 Å². The number of anilines is 1. The van der Waals surface area contributed by atoms with Gasteiger partial charge in [-0.25, -0.2) is 13.4 Å². The number of nitrogens with zero attached hydrogens (tertiary/aromatic N) is 2. The molecular weight excluding hydrogens is 290 g/mol. The summed E-state index contributed by atoms with van der Waals surface area (Å²) >= 11 is 0. The highest BCUT2D eigenvalue weighted by molar-refractivity contribution is 7.91. The number of imidazole rings is 1. The van der Waals surface area contributed by atoms with Crippen molar-refractivity contribution in [2.75, 3.05) is 18.6 Å². The molecule has 1 aromatic carbocycles. The van der Waals surface area contributed by atoms with Crippen LogP contribution in [0.2, 0.25) is 0 Å². The Kier molecular flexibility index (Phi) is 3.62. The van der Waals surface area contributed by atoms with Gasteiger partial charge in [-0.15, -0.1) is 0 Å². The monoisotopic (exact) mass is 309 g/mol. The summed E-state index contributed by atoms with van der Waals surface area (Å²) in [6, 6.07) is 5.14. The second-order valence-electron chi connectivity index (χ2n) is 5.44. The highest BCUT2D eigenvalue weighted by atomic mass is 32.2. The van der Waals surface area contributed by atoms with Crippen LogP contribution in [0.4, 0.5) is 5.95 Å². The van der Waals surface area contributed by atoms with Crippen LogP contribution in [-0.4, -0.2) is 36.9 Å². The summed E-state index contributed by atoms with van der Waals surface area (Å²) in [4.78, 5) is 4.47.